The lowest BCUT2D eigenvalue weighted by Crippen LogP contribution is -2.26. The summed E-state index contributed by atoms with van der Waals surface area (Å²) < 4.78 is 18.0. The van der Waals surface area contributed by atoms with Crippen LogP contribution in [-0.4, -0.2) is 20.1 Å². The normalized spacial score (nSPS) is 10.1. The molecule has 0 saturated heterocycles. The number of benzene rings is 2. The first kappa shape index (κ1) is 13.1. The quantitative estimate of drug-likeness (QED) is 0.847. The molecule has 0 spiro atoms. The second-order valence-corrected chi connectivity index (χ2v) is 4.07. The number of anilines is 1. The van der Waals surface area contributed by atoms with Crippen LogP contribution in [0.5, 0.6) is 5.75 Å². The molecule has 3 nitrogen and oxygen atoms in total. The van der Waals surface area contributed by atoms with Crippen LogP contribution in [-0.2, 0) is 0 Å². The van der Waals surface area contributed by atoms with Crippen LogP contribution in [0.25, 0.3) is 0 Å². The number of nitrogens with zero attached hydrogens (tertiary/aromatic N) is 1. The number of hydrogen-bond donors (Lipinski definition) is 0. The summed E-state index contributed by atoms with van der Waals surface area (Å²) in [5.41, 5.74) is 1.15. The lowest BCUT2D eigenvalue weighted by molar-refractivity contribution is 0.0993. The standard InChI is InChI=1S/C15H14FNO2/c1-17(13-4-3-5-14(10-13)19-2)15(18)11-6-8-12(16)9-7-11/h3-10H,1-2H3. The molecule has 0 fully saturated rings. The van der Waals surface area contributed by atoms with E-state index in [2.05, 4.69) is 0 Å². The predicted octanol–water partition coefficient (Wildman–Crippen LogP) is 3.11. The molecule has 0 atom stereocenters. The van der Waals surface area contributed by atoms with E-state index < -0.39 is 0 Å². The Kier molecular flexibility index (Phi) is 3.80. The molecule has 0 bridgehead atoms. The van der Waals surface area contributed by atoms with E-state index in [0.717, 1.165) is 0 Å². The van der Waals surface area contributed by atoms with Gasteiger partial charge in [0.05, 0.1) is 7.11 Å². The number of hydrogen-bond acceptors (Lipinski definition) is 2. The summed E-state index contributed by atoms with van der Waals surface area (Å²) in [5.74, 6) is 0.116. The number of methoxy groups -OCH3 is 1. The first-order valence-corrected chi connectivity index (χ1v) is 5.79. The van der Waals surface area contributed by atoms with E-state index in [-0.39, 0.29) is 11.7 Å². The van der Waals surface area contributed by atoms with Crippen molar-refractivity contribution in [3.8, 4) is 5.75 Å². The van der Waals surface area contributed by atoms with E-state index >= 15 is 0 Å². The Labute approximate surface area is 111 Å². The van der Waals surface area contributed by atoms with Gasteiger partial charge >= 0.3 is 0 Å². The second-order valence-electron chi connectivity index (χ2n) is 4.07. The van der Waals surface area contributed by atoms with Crippen LogP contribution < -0.4 is 9.64 Å². The summed E-state index contributed by atoms with van der Waals surface area (Å²) in [4.78, 5) is 13.7. The highest BCUT2D eigenvalue weighted by atomic mass is 19.1. The molecule has 0 unspecified atom stereocenters. The van der Waals surface area contributed by atoms with Crippen molar-refractivity contribution >= 4 is 11.6 Å². The third-order valence-corrected chi connectivity index (χ3v) is 2.84. The fraction of sp³-hybridized carbons (Fsp3) is 0.133. The average Bonchev–Trinajstić information content (AvgIpc) is 2.46. The predicted molar refractivity (Wildman–Crippen MR) is 72.1 cm³/mol. The van der Waals surface area contributed by atoms with Gasteiger partial charge in [0.25, 0.3) is 5.91 Å². The van der Waals surface area contributed by atoms with Crippen LogP contribution in [0.1, 0.15) is 10.4 Å². The third kappa shape index (κ3) is 2.91. The fourth-order valence-corrected chi connectivity index (χ4v) is 1.72. The summed E-state index contributed by atoms with van der Waals surface area (Å²) in [6, 6.07) is 12.7. The first-order chi connectivity index (χ1) is 9.11. The van der Waals surface area contributed by atoms with E-state index in [4.69, 9.17) is 4.74 Å². The van der Waals surface area contributed by atoms with Gasteiger partial charge < -0.3 is 9.64 Å². The highest BCUT2D eigenvalue weighted by Gasteiger charge is 2.13. The molecule has 4 heteroatoms. The zero-order valence-corrected chi connectivity index (χ0v) is 10.8. The molecule has 0 heterocycles. The Morgan fingerprint density at radius 1 is 1.16 bits per heavy atom. The SMILES string of the molecule is COc1cccc(N(C)C(=O)c2ccc(F)cc2)c1. The Morgan fingerprint density at radius 2 is 1.84 bits per heavy atom. The number of ether oxygens (including phenoxy) is 1. The summed E-state index contributed by atoms with van der Waals surface area (Å²) in [6.07, 6.45) is 0. The van der Waals surface area contributed by atoms with Crippen LogP contribution in [0.4, 0.5) is 10.1 Å². The lowest BCUT2D eigenvalue weighted by atomic mass is 10.2. The van der Waals surface area contributed by atoms with Crippen molar-refractivity contribution in [2.75, 3.05) is 19.1 Å². The van der Waals surface area contributed by atoms with Crippen LogP contribution in [0.3, 0.4) is 0 Å². The Hall–Kier alpha value is -2.36. The minimum Gasteiger partial charge on any atom is -0.497 e. The van der Waals surface area contributed by atoms with Crippen LogP contribution in [0.15, 0.2) is 48.5 Å². The topological polar surface area (TPSA) is 29.5 Å². The zero-order valence-electron chi connectivity index (χ0n) is 10.8. The molecule has 0 aliphatic heterocycles. The van der Waals surface area contributed by atoms with Gasteiger partial charge in [0.2, 0.25) is 0 Å². The molecule has 98 valence electrons. The molecule has 0 radical (unpaired) electrons. The number of carbonyl (C=O) groups is 1. The number of carbonyl (C=O) groups excluding carboxylic acids is 1. The molecule has 0 aliphatic rings. The number of halogens is 1. The average molecular weight is 259 g/mol. The molecular weight excluding hydrogens is 245 g/mol. The van der Waals surface area contributed by atoms with Gasteiger partial charge in [-0.05, 0) is 36.4 Å². The smallest absolute Gasteiger partial charge is 0.258 e. The minimum absolute atomic E-state index is 0.201. The van der Waals surface area contributed by atoms with Crippen molar-refractivity contribution in [1.29, 1.82) is 0 Å². The lowest BCUT2D eigenvalue weighted by Gasteiger charge is -2.18. The Morgan fingerprint density at radius 3 is 2.47 bits per heavy atom. The van der Waals surface area contributed by atoms with Crippen molar-refractivity contribution in [1.82, 2.24) is 0 Å². The molecule has 0 saturated carbocycles. The first-order valence-electron chi connectivity index (χ1n) is 5.79. The number of rotatable bonds is 3. The van der Waals surface area contributed by atoms with Gasteiger partial charge in [0.1, 0.15) is 11.6 Å². The molecule has 2 aromatic rings. The largest absolute Gasteiger partial charge is 0.497 e. The van der Waals surface area contributed by atoms with Gasteiger partial charge in [0.15, 0.2) is 0 Å². The molecule has 2 aromatic carbocycles. The Balaban J connectivity index is 2.25. The van der Waals surface area contributed by atoms with Gasteiger partial charge in [-0.2, -0.15) is 0 Å². The minimum atomic E-state index is -0.361. The maximum Gasteiger partial charge on any atom is 0.258 e. The summed E-state index contributed by atoms with van der Waals surface area (Å²) in [6.45, 7) is 0. The fourth-order valence-electron chi connectivity index (χ4n) is 1.72. The molecule has 1 amide bonds. The summed E-state index contributed by atoms with van der Waals surface area (Å²) in [5, 5.41) is 0. The van der Waals surface area contributed by atoms with Gasteiger partial charge in [-0.3, -0.25) is 4.79 Å². The van der Waals surface area contributed by atoms with Crippen LogP contribution >= 0.6 is 0 Å². The van der Waals surface area contributed by atoms with Gasteiger partial charge in [-0.25, -0.2) is 4.39 Å². The highest BCUT2D eigenvalue weighted by Crippen LogP contribution is 2.21. The monoisotopic (exact) mass is 259 g/mol. The molecule has 2 rings (SSSR count). The summed E-state index contributed by atoms with van der Waals surface area (Å²) in [7, 11) is 3.24. The molecule has 0 aromatic heterocycles. The second kappa shape index (κ2) is 5.52. The number of amides is 1. The van der Waals surface area contributed by atoms with Crippen molar-refractivity contribution < 1.29 is 13.9 Å². The maximum absolute atomic E-state index is 12.8. The van der Waals surface area contributed by atoms with Crippen molar-refractivity contribution in [2.24, 2.45) is 0 Å². The van der Waals surface area contributed by atoms with Gasteiger partial charge in [-0.15, -0.1) is 0 Å². The third-order valence-electron chi connectivity index (χ3n) is 2.84. The van der Waals surface area contributed by atoms with Crippen molar-refractivity contribution in [2.45, 2.75) is 0 Å². The molecule has 0 N–H and O–H groups in total. The zero-order chi connectivity index (χ0) is 13.8. The van der Waals surface area contributed by atoms with E-state index in [1.807, 2.05) is 12.1 Å². The van der Waals surface area contributed by atoms with Crippen molar-refractivity contribution in [3.63, 3.8) is 0 Å². The van der Waals surface area contributed by atoms with Crippen LogP contribution in [0, 0.1) is 5.82 Å². The van der Waals surface area contributed by atoms with Gasteiger partial charge in [-0.1, -0.05) is 6.07 Å². The van der Waals surface area contributed by atoms with E-state index in [1.165, 1.54) is 29.2 Å². The summed E-state index contributed by atoms with van der Waals surface area (Å²) >= 11 is 0. The van der Waals surface area contributed by atoms with E-state index in [0.29, 0.717) is 17.0 Å². The molecule has 0 aliphatic carbocycles. The van der Waals surface area contributed by atoms with Crippen molar-refractivity contribution in [3.05, 3.63) is 59.9 Å². The van der Waals surface area contributed by atoms with E-state index in [9.17, 15) is 9.18 Å². The highest BCUT2D eigenvalue weighted by molar-refractivity contribution is 6.05. The Bertz CT molecular complexity index is 581. The van der Waals surface area contributed by atoms with Crippen LogP contribution in [0.2, 0.25) is 0 Å². The van der Waals surface area contributed by atoms with E-state index in [1.54, 1.807) is 26.3 Å². The molecular formula is C15H14FNO2. The molecule has 19 heavy (non-hydrogen) atoms. The maximum atomic E-state index is 12.8. The van der Waals surface area contributed by atoms with Gasteiger partial charge in [0, 0.05) is 24.4 Å².